The standard InChI is InChI=1S/C18H24N2O3S/c1-14-6-9-20(10-7-14)12-15(21)13-22-16-2-4-17(5-3-16)23-18-19-8-11-24-18/h2-5,8,11,14-15,21H,6-7,9-10,12-13H2,1H3. The number of thiazole rings is 1. The topological polar surface area (TPSA) is 54.8 Å². The third-order valence-corrected chi connectivity index (χ3v) is 4.87. The number of aliphatic hydroxyl groups excluding tert-OH is 1. The van der Waals surface area contributed by atoms with Crippen molar-refractivity contribution in [3.05, 3.63) is 35.8 Å². The highest BCUT2D eigenvalue weighted by Gasteiger charge is 2.18. The van der Waals surface area contributed by atoms with Crippen LogP contribution in [0.3, 0.4) is 0 Å². The first-order chi connectivity index (χ1) is 11.7. The van der Waals surface area contributed by atoms with Gasteiger partial charge in [0.25, 0.3) is 5.19 Å². The van der Waals surface area contributed by atoms with Crippen molar-refractivity contribution in [3.8, 4) is 16.7 Å². The van der Waals surface area contributed by atoms with Gasteiger partial charge >= 0.3 is 0 Å². The van der Waals surface area contributed by atoms with Crippen molar-refractivity contribution in [1.82, 2.24) is 9.88 Å². The third kappa shape index (κ3) is 5.19. The summed E-state index contributed by atoms with van der Waals surface area (Å²) in [6.45, 7) is 5.41. The molecule has 1 unspecified atom stereocenters. The molecule has 1 aromatic heterocycles. The lowest BCUT2D eigenvalue weighted by atomic mass is 9.99. The summed E-state index contributed by atoms with van der Waals surface area (Å²) in [5, 5.41) is 12.6. The van der Waals surface area contributed by atoms with Crippen molar-refractivity contribution in [2.45, 2.75) is 25.9 Å². The smallest absolute Gasteiger partial charge is 0.278 e. The Kier molecular flexibility index (Phi) is 6.07. The Hall–Kier alpha value is -1.63. The van der Waals surface area contributed by atoms with Crippen molar-refractivity contribution >= 4 is 11.3 Å². The van der Waals surface area contributed by atoms with Crippen LogP contribution in [0.1, 0.15) is 19.8 Å². The van der Waals surface area contributed by atoms with E-state index < -0.39 is 6.10 Å². The number of benzene rings is 1. The summed E-state index contributed by atoms with van der Waals surface area (Å²) in [7, 11) is 0. The van der Waals surface area contributed by atoms with Crippen LogP contribution in [0, 0.1) is 5.92 Å². The molecule has 24 heavy (non-hydrogen) atoms. The van der Waals surface area contributed by atoms with Crippen LogP contribution in [0.2, 0.25) is 0 Å². The van der Waals surface area contributed by atoms with Crippen LogP contribution >= 0.6 is 11.3 Å². The van der Waals surface area contributed by atoms with Gasteiger partial charge in [-0.15, -0.1) is 0 Å². The molecule has 0 aliphatic carbocycles. The van der Waals surface area contributed by atoms with Crippen LogP contribution in [0.4, 0.5) is 0 Å². The Morgan fingerprint density at radius 3 is 2.62 bits per heavy atom. The highest BCUT2D eigenvalue weighted by atomic mass is 32.1. The Morgan fingerprint density at radius 2 is 1.96 bits per heavy atom. The van der Waals surface area contributed by atoms with Crippen molar-refractivity contribution in [1.29, 1.82) is 0 Å². The lowest BCUT2D eigenvalue weighted by molar-refractivity contribution is 0.0563. The number of hydrogen-bond acceptors (Lipinski definition) is 6. The van der Waals surface area contributed by atoms with E-state index in [1.165, 1.54) is 24.2 Å². The number of likely N-dealkylation sites (tertiary alicyclic amines) is 1. The SMILES string of the molecule is CC1CCN(CC(O)COc2ccc(Oc3nccs3)cc2)CC1. The van der Waals surface area contributed by atoms with E-state index in [1.54, 1.807) is 6.20 Å². The molecular formula is C18H24N2O3S. The van der Waals surface area contributed by atoms with Crippen molar-refractivity contribution in [2.24, 2.45) is 5.92 Å². The largest absolute Gasteiger partial charge is 0.491 e. The lowest BCUT2D eigenvalue weighted by Crippen LogP contribution is -2.40. The van der Waals surface area contributed by atoms with Crippen molar-refractivity contribution in [3.63, 3.8) is 0 Å². The highest BCUT2D eigenvalue weighted by Crippen LogP contribution is 2.25. The quantitative estimate of drug-likeness (QED) is 0.831. The summed E-state index contributed by atoms with van der Waals surface area (Å²) in [5.74, 6) is 2.26. The number of nitrogens with zero attached hydrogens (tertiary/aromatic N) is 2. The fourth-order valence-corrected chi connectivity index (χ4v) is 3.26. The van der Waals surface area contributed by atoms with E-state index >= 15 is 0 Å². The minimum Gasteiger partial charge on any atom is -0.491 e. The van der Waals surface area contributed by atoms with Gasteiger partial charge in [-0.2, -0.15) is 0 Å². The molecule has 0 radical (unpaired) electrons. The maximum absolute atomic E-state index is 10.2. The van der Waals surface area contributed by atoms with Gasteiger partial charge in [0, 0.05) is 18.1 Å². The van der Waals surface area contributed by atoms with Gasteiger partial charge in [-0.3, -0.25) is 0 Å². The predicted octanol–water partition coefficient (Wildman–Crippen LogP) is 3.41. The average Bonchev–Trinajstić information content (AvgIpc) is 3.09. The second-order valence-corrected chi connectivity index (χ2v) is 7.18. The van der Waals surface area contributed by atoms with Crippen molar-refractivity contribution in [2.75, 3.05) is 26.2 Å². The zero-order valence-electron chi connectivity index (χ0n) is 13.9. The zero-order chi connectivity index (χ0) is 16.8. The first-order valence-corrected chi connectivity index (χ1v) is 9.27. The van der Waals surface area contributed by atoms with Gasteiger partial charge in [-0.05, 0) is 56.1 Å². The monoisotopic (exact) mass is 348 g/mol. The molecule has 1 aliphatic heterocycles. The van der Waals surface area contributed by atoms with Gasteiger partial charge in [0.2, 0.25) is 0 Å². The molecule has 2 aromatic rings. The molecule has 1 saturated heterocycles. The van der Waals surface area contributed by atoms with E-state index in [1.807, 2.05) is 29.6 Å². The molecule has 0 saturated carbocycles. The second kappa shape index (κ2) is 8.46. The van der Waals surface area contributed by atoms with Crippen molar-refractivity contribution < 1.29 is 14.6 Å². The number of aliphatic hydroxyl groups is 1. The minimum atomic E-state index is -0.468. The molecule has 0 spiro atoms. The van der Waals surface area contributed by atoms with E-state index in [4.69, 9.17) is 9.47 Å². The maximum atomic E-state index is 10.2. The Labute approximate surface area is 146 Å². The van der Waals surface area contributed by atoms with Gasteiger partial charge in [-0.1, -0.05) is 18.3 Å². The van der Waals surface area contributed by atoms with Crippen LogP contribution in [-0.4, -0.2) is 47.3 Å². The number of ether oxygens (including phenoxy) is 2. The number of β-amino-alcohol motifs (C(OH)–C–C–N with tert-alkyl or cyclic N) is 1. The Morgan fingerprint density at radius 1 is 1.25 bits per heavy atom. The van der Waals surface area contributed by atoms with E-state index in [-0.39, 0.29) is 0 Å². The summed E-state index contributed by atoms with van der Waals surface area (Å²) in [4.78, 5) is 6.40. The Bertz CT molecular complexity index is 595. The zero-order valence-corrected chi connectivity index (χ0v) is 14.7. The van der Waals surface area contributed by atoms with Crippen LogP contribution in [0.15, 0.2) is 35.8 Å². The predicted molar refractivity (Wildman–Crippen MR) is 95.0 cm³/mol. The molecule has 0 bridgehead atoms. The minimum absolute atomic E-state index is 0.304. The van der Waals surface area contributed by atoms with Gasteiger partial charge in [0.15, 0.2) is 0 Å². The van der Waals surface area contributed by atoms with Crippen LogP contribution in [-0.2, 0) is 0 Å². The van der Waals surface area contributed by atoms with Gasteiger partial charge in [0.1, 0.15) is 24.2 Å². The van der Waals surface area contributed by atoms with E-state index in [0.29, 0.717) is 18.3 Å². The normalized spacial score (nSPS) is 17.6. The number of hydrogen-bond donors (Lipinski definition) is 1. The fourth-order valence-electron chi connectivity index (χ4n) is 2.75. The molecule has 0 amide bonds. The molecule has 1 atom stereocenters. The van der Waals surface area contributed by atoms with Crippen LogP contribution in [0.5, 0.6) is 16.7 Å². The summed E-state index contributed by atoms with van der Waals surface area (Å²) in [5.41, 5.74) is 0. The molecule has 6 heteroatoms. The summed E-state index contributed by atoms with van der Waals surface area (Å²) < 4.78 is 11.3. The Balaban J connectivity index is 1.41. The van der Waals surface area contributed by atoms with Gasteiger partial charge in [-0.25, -0.2) is 4.98 Å². The molecule has 1 N–H and O–H groups in total. The molecule has 5 nitrogen and oxygen atoms in total. The molecule has 2 heterocycles. The highest BCUT2D eigenvalue weighted by molar-refractivity contribution is 7.11. The number of rotatable bonds is 7. The van der Waals surface area contributed by atoms with Crippen LogP contribution in [0.25, 0.3) is 0 Å². The average molecular weight is 348 g/mol. The molecule has 1 fully saturated rings. The summed E-state index contributed by atoms with van der Waals surface area (Å²) in [6, 6.07) is 7.38. The first-order valence-electron chi connectivity index (χ1n) is 8.39. The summed E-state index contributed by atoms with van der Waals surface area (Å²) >= 11 is 1.45. The van der Waals surface area contributed by atoms with E-state index in [0.717, 1.165) is 30.5 Å². The van der Waals surface area contributed by atoms with E-state index in [9.17, 15) is 5.11 Å². The maximum Gasteiger partial charge on any atom is 0.278 e. The molecule has 130 valence electrons. The van der Waals surface area contributed by atoms with Gasteiger partial charge < -0.3 is 19.5 Å². The number of piperidine rings is 1. The molecule has 1 aliphatic rings. The molecule has 1 aromatic carbocycles. The third-order valence-electron chi connectivity index (χ3n) is 4.23. The van der Waals surface area contributed by atoms with Gasteiger partial charge in [0.05, 0.1) is 0 Å². The fraction of sp³-hybridized carbons (Fsp3) is 0.500. The molecular weight excluding hydrogens is 324 g/mol. The molecule has 3 rings (SSSR count). The second-order valence-electron chi connectivity index (χ2n) is 6.32. The number of aromatic nitrogens is 1. The lowest BCUT2D eigenvalue weighted by Gasteiger charge is -2.31. The summed E-state index contributed by atoms with van der Waals surface area (Å²) in [6.07, 6.45) is 3.68. The first kappa shape index (κ1) is 17.2. The van der Waals surface area contributed by atoms with Crippen LogP contribution < -0.4 is 9.47 Å². The van der Waals surface area contributed by atoms with E-state index in [2.05, 4.69) is 16.8 Å².